The van der Waals surface area contributed by atoms with E-state index in [2.05, 4.69) is 10.3 Å². The summed E-state index contributed by atoms with van der Waals surface area (Å²) in [6, 6.07) is 21.5. The van der Waals surface area contributed by atoms with E-state index in [0.29, 0.717) is 21.8 Å². The number of hydrogen-bond donors (Lipinski definition) is 3. The smallest absolute Gasteiger partial charge is 0.330 e. The Balaban J connectivity index is 1.54. The Morgan fingerprint density at radius 1 is 0.897 bits per heavy atom. The van der Waals surface area contributed by atoms with Crippen molar-refractivity contribution in [2.75, 3.05) is 0 Å². The molecule has 3 N–H and O–H groups in total. The number of pyridine rings is 1. The fourth-order valence-corrected chi connectivity index (χ4v) is 5.31. The summed E-state index contributed by atoms with van der Waals surface area (Å²) in [6.07, 6.45) is 1.58. The lowest BCUT2D eigenvalue weighted by atomic mass is 10.1. The average Bonchev–Trinajstić information content (AvgIpc) is 2.93. The molecule has 3 aromatic carbocycles. The molecule has 1 unspecified atom stereocenters. The number of aromatic hydroxyl groups is 1. The van der Waals surface area contributed by atoms with Crippen molar-refractivity contribution in [1.82, 2.24) is 14.6 Å². The third-order valence-corrected chi connectivity index (χ3v) is 7.90. The number of aromatic nitrogens is 1. The number of carboxylic acid groups (broad SMARTS) is 1. The lowest BCUT2D eigenvalue weighted by Crippen LogP contribution is -2.33. The van der Waals surface area contributed by atoms with Gasteiger partial charge in [-0.15, -0.1) is 0 Å². The first-order valence-electron chi connectivity index (χ1n) is 11.7. The van der Waals surface area contributed by atoms with Gasteiger partial charge < -0.3 is 15.5 Å². The highest BCUT2D eigenvalue weighted by Gasteiger charge is 2.26. The minimum Gasteiger partial charge on any atom is -0.508 e. The maximum Gasteiger partial charge on any atom is 0.330 e. The third kappa shape index (κ3) is 6.99. The van der Waals surface area contributed by atoms with Crippen molar-refractivity contribution in [1.29, 1.82) is 0 Å². The van der Waals surface area contributed by atoms with Gasteiger partial charge in [-0.1, -0.05) is 41.9 Å². The van der Waals surface area contributed by atoms with Crippen LogP contribution in [0.25, 0.3) is 0 Å². The molecule has 1 amide bonds. The summed E-state index contributed by atoms with van der Waals surface area (Å²) in [6.45, 7) is 0.00957. The lowest BCUT2D eigenvalue weighted by Gasteiger charge is -2.22. The summed E-state index contributed by atoms with van der Waals surface area (Å²) < 4.78 is 28.3. The normalized spacial score (nSPS) is 12.2. The number of carboxylic acids is 1. The third-order valence-electron chi connectivity index (χ3n) is 5.84. The molecule has 0 aliphatic heterocycles. The zero-order valence-corrected chi connectivity index (χ0v) is 22.0. The number of nitrogens with zero attached hydrogens (tertiary/aromatic N) is 2. The van der Waals surface area contributed by atoms with Crippen LogP contribution in [0.4, 0.5) is 0 Å². The minimum atomic E-state index is -3.93. The number of amides is 1. The van der Waals surface area contributed by atoms with Crippen LogP contribution in [0.15, 0.2) is 102 Å². The van der Waals surface area contributed by atoms with Crippen LogP contribution in [0.5, 0.6) is 5.75 Å². The van der Waals surface area contributed by atoms with Crippen molar-refractivity contribution in [2.24, 2.45) is 0 Å². The molecule has 39 heavy (non-hydrogen) atoms. The van der Waals surface area contributed by atoms with Gasteiger partial charge in [0.1, 0.15) is 5.75 Å². The number of sulfonamides is 1. The predicted octanol–water partition coefficient (Wildman–Crippen LogP) is 4.39. The van der Waals surface area contributed by atoms with Gasteiger partial charge in [-0.05, 0) is 71.8 Å². The minimum absolute atomic E-state index is 0.00527. The molecule has 0 bridgehead atoms. The van der Waals surface area contributed by atoms with E-state index in [-0.39, 0.29) is 29.3 Å². The Morgan fingerprint density at radius 3 is 2.15 bits per heavy atom. The van der Waals surface area contributed by atoms with Crippen LogP contribution in [0.2, 0.25) is 5.02 Å². The summed E-state index contributed by atoms with van der Waals surface area (Å²) in [4.78, 5) is 28.9. The van der Waals surface area contributed by atoms with Crippen molar-refractivity contribution in [2.45, 2.75) is 24.0 Å². The Hall–Kier alpha value is -4.25. The molecule has 1 aromatic heterocycles. The molecular formula is C28H24ClN3O6S. The fraction of sp³-hybridized carbons (Fsp3) is 0.107. The van der Waals surface area contributed by atoms with E-state index in [4.69, 9.17) is 11.6 Å². The van der Waals surface area contributed by atoms with Gasteiger partial charge in [0.25, 0.3) is 5.91 Å². The van der Waals surface area contributed by atoms with Crippen LogP contribution in [-0.2, 0) is 27.9 Å². The highest BCUT2D eigenvalue weighted by atomic mass is 35.5. The van der Waals surface area contributed by atoms with E-state index < -0.39 is 27.9 Å². The second-order valence-electron chi connectivity index (χ2n) is 8.58. The molecule has 9 nitrogen and oxygen atoms in total. The maximum atomic E-state index is 13.5. The van der Waals surface area contributed by atoms with E-state index in [1.807, 2.05) is 0 Å². The van der Waals surface area contributed by atoms with Crippen molar-refractivity contribution in [3.05, 3.63) is 125 Å². The standard InChI is InChI=1S/C28H24ClN3O6S/c29-22-10-14-25(15-11-22)39(37,38)32(18-23-3-1-2-16-30-23)17-19-4-6-21(7-5-19)27(34)31-26(28(35)36)20-8-12-24(33)13-9-20/h1-16,26,33H,17-18H2,(H,31,34)(H,35,36). The van der Waals surface area contributed by atoms with E-state index >= 15 is 0 Å². The Labute approximate surface area is 230 Å². The van der Waals surface area contributed by atoms with Gasteiger partial charge >= 0.3 is 5.97 Å². The molecular weight excluding hydrogens is 542 g/mol. The lowest BCUT2D eigenvalue weighted by molar-refractivity contribution is -0.139. The van der Waals surface area contributed by atoms with Crippen LogP contribution in [0.1, 0.15) is 33.2 Å². The number of phenols is 1. The Bertz CT molecular complexity index is 1550. The SMILES string of the molecule is O=C(NC(C(=O)O)c1ccc(O)cc1)c1ccc(CN(Cc2ccccn2)S(=O)(=O)c2ccc(Cl)cc2)cc1. The molecule has 0 spiro atoms. The van der Waals surface area contributed by atoms with Gasteiger partial charge in [-0.25, -0.2) is 13.2 Å². The van der Waals surface area contributed by atoms with E-state index in [9.17, 15) is 28.2 Å². The highest BCUT2D eigenvalue weighted by molar-refractivity contribution is 7.89. The van der Waals surface area contributed by atoms with Crippen molar-refractivity contribution < 1.29 is 28.2 Å². The number of benzene rings is 3. The highest BCUT2D eigenvalue weighted by Crippen LogP contribution is 2.23. The molecule has 11 heteroatoms. The summed E-state index contributed by atoms with van der Waals surface area (Å²) in [5, 5.41) is 21.9. The summed E-state index contributed by atoms with van der Waals surface area (Å²) in [5.41, 5.74) is 1.65. The van der Waals surface area contributed by atoms with Crippen molar-refractivity contribution in [3.63, 3.8) is 0 Å². The second-order valence-corrected chi connectivity index (χ2v) is 11.0. The Kier molecular flexibility index (Phi) is 8.60. The van der Waals surface area contributed by atoms with E-state index in [0.717, 1.165) is 0 Å². The molecule has 200 valence electrons. The van der Waals surface area contributed by atoms with E-state index in [1.165, 1.54) is 65.0 Å². The average molecular weight is 566 g/mol. The summed E-state index contributed by atoms with van der Waals surface area (Å²) in [5.74, 6) is -1.91. The number of carbonyl (C=O) groups is 2. The van der Waals surface area contributed by atoms with Gasteiger partial charge in [0.15, 0.2) is 6.04 Å². The van der Waals surface area contributed by atoms with Gasteiger partial charge in [0.2, 0.25) is 10.0 Å². The number of rotatable bonds is 10. The van der Waals surface area contributed by atoms with E-state index in [1.54, 1.807) is 36.5 Å². The second kappa shape index (κ2) is 12.1. The Morgan fingerprint density at radius 2 is 1.56 bits per heavy atom. The molecule has 4 aromatic rings. The monoisotopic (exact) mass is 565 g/mol. The number of halogens is 1. The van der Waals surface area contributed by atoms with Crippen LogP contribution < -0.4 is 5.32 Å². The number of carbonyl (C=O) groups excluding carboxylic acids is 1. The molecule has 4 rings (SSSR count). The molecule has 0 saturated heterocycles. The summed E-state index contributed by atoms with van der Waals surface area (Å²) in [7, 11) is -3.93. The number of aliphatic carboxylic acids is 1. The molecule has 0 radical (unpaired) electrons. The van der Waals surface area contributed by atoms with Gasteiger partial charge in [-0.2, -0.15) is 4.31 Å². The van der Waals surface area contributed by atoms with Gasteiger partial charge in [0.05, 0.1) is 17.1 Å². The zero-order valence-electron chi connectivity index (χ0n) is 20.4. The predicted molar refractivity (Wildman–Crippen MR) is 145 cm³/mol. The molecule has 1 atom stereocenters. The van der Waals surface area contributed by atoms with Crippen molar-refractivity contribution >= 4 is 33.5 Å². The number of nitrogens with one attached hydrogen (secondary N) is 1. The first kappa shape index (κ1) is 27.8. The first-order valence-corrected chi connectivity index (χ1v) is 13.5. The zero-order chi connectivity index (χ0) is 28.0. The maximum absolute atomic E-state index is 13.5. The van der Waals surface area contributed by atoms with Crippen molar-refractivity contribution in [3.8, 4) is 5.75 Å². The molecule has 0 saturated carbocycles. The molecule has 0 fully saturated rings. The van der Waals surface area contributed by atoms with Crippen LogP contribution >= 0.6 is 11.6 Å². The van der Waals surface area contributed by atoms with Gasteiger partial charge in [-0.3, -0.25) is 9.78 Å². The molecule has 0 aliphatic rings. The van der Waals surface area contributed by atoms with Crippen LogP contribution in [-0.4, -0.2) is 39.8 Å². The first-order chi connectivity index (χ1) is 18.6. The topological polar surface area (TPSA) is 137 Å². The largest absolute Gasteiger partial charge is 0.508 e. The molecule has 0 aliphatic carbocycles. The fourth-order valence-electron chi connectivity index (χ4n) is 3.79. The number of phenolic OH excluding ortho intramolecular Hbond substituents is 1. The van der Waals surface area contributed by atoms with Crippen LogP contribution in [0, 0.1) is 0 Å². The molecule has 1 heterocycles. The quantitative estimate of drug-likeness (QED) is 0.259. The van der Waals surface area contributed by atoms with Gasteiger partial charge in [0, 0.05) is 23.3 Å². The number of hydrogen-bond acceptors (Lipinski definition) is 6. The van der Waals surface area contributed by atoms with Crippen LogP contribution in [0.3, 0.4) is 0 Å². The summed E-state index contributed by atoms with van der Waals surface area (Å²) >= 11 is 5.94.